The van der Waals surface area contributed by atoms with Crippen LogP contribution in [-0.4, -0.2) is 64.8 Å². The Bertz CT molecular complexity index is 2200. The van der Waals surface area contributed by atoms with Crippen LogP contribution in [0.2, 0.25) is 0 Å². The molecule has 3 heterocycles. The van der Waals surface area contributed by atoms with Gasteiger partial charge in [0.2, 0.25) is 5.95 Å². The zero-order valence-corrected chi connectivity index (χ0v) is 31.6. The molecule has 0 bridgehead atoms. The van der Waals surface area contributed by atoms with Crippen molar-refractivity contribution < 1.29 is 24.1 Å². The number of benzene rings is 5. The number of hydrogen-bond donors (Lipinski definition) is 3. The lowest BCUT2D eigenvalue weighted by molar-refractivity contribution is -0.253. The predicted molar refractivity (Wildman–Crippen MR) is 220 cm³/mol. The molecule has 6 aromatic rings. The van der Waals surface area contributed by atoms with E-state index in [9.17, 15) is 9.90 Å². The molecule has 3 N–H and O–H groups in total. The minimum absolute atomic E-state index is 0.00208. The van der Waals surface area contributed by atoms with E-state index < -0.39 is 6.29 Å². The smallest absolute Gasteiger partial charge is 0.319 e. The van der Waals surface area contributed by atoms with Gasteiger partial charge in [0, 0.05) is 69.3 Å². The van der Waals surface area contributed by atoms with E-state index in [0.717, 1.165) is 77.8 Å². The van der Waals surface area contributed by atoms with Gasteiger partial charge in [-0.3, -0.25) is 4.90 Å². The summed E-state index contributed by atoms with van der Waals surface area (Å²) in [6, 6.07) is 42.8. The lowest BCUT2D eigenvalue weighted by atomic mass is 9.98. The molecule has 0 spiro atoms. The van der Waals surface area contributed by atoms with Crippen molar-refractivity contribution in [2.24, 2.45) is 0 Å². The number of urea groups is 1. The SMILES string of the molecule is O=C(NCc1cccc(-c2cccc([C@H]3O[C@@H](CN4CCN(c5ncccn5)CC4)C[C@@H](c4ccc(CO)cc4)O3)c2)c1)Nc1ccc(Oc2ccccc2)cc1. The minimum Gasteiger partial charge on any atom is -0.457 e. The maximum Gasteiger partial charge on any atom is 0.319 e. The average Bonchev–Trinajstić information content (AvgIpc) is 3.27. The number of amides is 2. The molecule has 11 heteroatoms. The third-order valence-electron chi connectivity index (χ3n) is 10.2. The van der Waals surface area contributed by atoms with Crippen LogP contribution in [-0.2, 0) is 22.6 Å². The zero-order chi connectivity index (χ0) is 38.8. The Balaban J connectivity index is 0.911. The van der Waals surface area contributed by atoms with Crippen LogP contribution in [0.5, 0.6) is 11.5 Å². The second kappa shape index (κ2) is 18.2. The summed E-state index contributed by atoms with van der Waals surface area (Å²) in [4.78, 5) is 26.4. The molecule has 8 rings (SSSR count). The molecule has 57 heavy (non-hydrogen) atoms. The summed E-state index contributed by atoms with van der Waals surface area (Å²) in [7, 11) is 0. The van der Waals surface area contributed by atoms with Crippen molar-refractivity contribution in [3.8, 4) is 22.6 Å². The van der Waals surface area contributed by atoms with Crippen molar-refractivity contribution in [2.75, 3.05) is 42.9 Å². The molecule has 2 aliphatic heterocycles. The van der Waals surface area contributed by atoms with Gasteiger partial charge >= 0.3 is 6.03 Å². The predicted octanol–water partition coefficient (Wildman–Crippen LogP) is 8.12. The average molecular weight is 763 g/mol. The van der Waals surface area contributed by atoms with E-state index in [4.69, 9.17) is 14.2 Å². The maximum absolute atomic E-state index is 12.8. The molecule has 0 unspecified atom stereocenters. The molecule has 2 saturated heterocycles. The summed E-state index contributed by atoms with van der Waals surface area (Å²) in [5, 5.41) is 15.5. The Morgan fingerprint density at radius 1 is 0.719 bits per heavy atom. The van der Waals surface area contributed by atoms with Crippen molar-refractivity contribution in [3.05, 3.63) is 168 Å². The minimum atomic E-state index is -0.572. The highest BCUT2D eigenvalue weighted by atomic mass is 16.7. The summed E-state index contributed by atoms with van der Waals surface area (Å²) < 4.78 is 19.3. The van der Waals surface area contributed by atoms with Gasteiger partial charge in [0.25, 0.3) is 0 Å². The van der Waals surface area contributed by atoms with Crippen molar-refractivity contribution in [1.82, 2.24) is 20.2 Å². The Morgan fingerprint density at radius 3 is 2.19 bits per heavy atom. The number of anilines is 2. The van der Waals surface area contributed by atoms with E-state index in [1.54, 1.807) is 12.4 Å². The maximum atomic E-state index is 12.8. The first-order valence-corrected chi connectivity index (χ1v) is 19.4. The summed E-state index contributed by atoms with van der Waals surface area (Å²) in [6.07, 6.45) is 3.48. The van der Waals surface area contributed by atoms with E-state index in [2.05, 4.69) is 60.7 Å². The Hall–Kier alpha value is -6.11. The van der Waals surface area contributed by atoms with Crippen molar-refractivity contribution in [3.63, 3.8) is 0 Å². The molecule has 290 valence electrons. The van der Waals surface area contributed by atoms with E-state index in [-0.39, 0.29) is 24.8 Å². The zero-order valence-electron chi connectivity index (χ0n) is 31.6. The number of aromatic nitrogens is 2. The molecular weight excluding hydrogens is 717 g/mol. The second-order valence-electron chi connectivity index (χ2n) is 14.3. The highest BCUT2D eigenvalue weighted by molar-refractivity contribution is 5.89. The first-order valence-electron chi connectivity index (χ1n) is 19.4. The van der Waals surface area contributed by atoms with Gasteiger partial charge in [-0.25, -0.2) is 14.8 Å². The first-order chi connectivity index (χ1) is 28.0. The molecule has 2 fully saturated rings. The number of aliphatic hydroxyl groups is 1. The Labute approximate surface area is 332 Å². The molecule has 5 aromatic carbocycles. The van der Waals surface area contributed by atoms with Gasteiger partial charge in [0.1, 0.15) is 11.5 Å². The fourth-order valence-corrected chi connectivity index (χ4v) is 7.22. The van der Waals surface area contributed by atoms with E-state index in [1.165, 1.54) is 0 Å². The summed E-state index contributed by atoms with van der Waals surface area (Å²) in [5.74, 6) is 2.21. The standard InChI is InChI=1S/C46H46N6O5/c53-32-33-13-15-35(16-14-33)43-29-42(31-51-23-25-52(26-24-51)45-47-21-6-22-48-45)56-44(57-43)38-10-5-9-37(28-38)36-8-4-7-34(27-36)30-49-46(54)50-39-17-19-41(20-18-39)55-40-11-2-1-3-12-40/h1-22,27-28,42-44,53H,23-26,29-32H2,(H2,49,50,54)/t42-,43+,44+/m1/s1. The summed E-state index contributed by atoms with van der Waals surface area (Å²) >= 11 is 0. The number of para-hydroxylation sites is 1. The van der Waals surface area contributed by atoms with Gasteiger partial charge in [0.05, 0.1) is 18.8 Å². The molecule has 3 atom stereocenters. The van der Waals surface area contributed by atoms with Crippen molar-refractivity contribution >= 4 is 17.7 Å². The van der Waals surface area contributed by atoms with Crippen LogP contribution in [0.15, 0.2) is 146 Å². The van der Waals surface area contributed by atoms with Crippen LogP contribution >= 0.6 is 0 Å². The fourth-order valence-electron chi connectivity index (χ4n) is 7.22. The molecule has 1 aromatic heterocycles. The first kappa shape index (κ1) is 37.8. The number of hydrogen-bond acceptors (Lipinski definition) is 9. The van der Waals surface area contributed by atoms with E-state index in [1.807, 2.05) is 103 Å². The molecule has 2 amide bonds. The quantitative estimate of drug-likeness (QED) is 0.114. The highest BCUT2D eigenvalue weighted by Crippen LogP contribution is 2.39. The summed E-state index contributed by atoms with van der Waals surface area (Å²) in [5.41, 5.74) is 6.54. The monoisotopic (exact) mass is 762 g/mol. The fraction of sp³-hybridized carbons (Fsp3) is 0.239. The molecule has 11 nitrogen and oxygen atoms in total. The third kappa shape index (κ3) is 10.0. The van der Waals surface area contributed by atoms with Gasteiger partial charge in [-0.1, -0.05) is 78.9 Å². The molecule has 0 saturated carbocycles. The Morgan fingerprint density at radius 2 is 1.44 bits per heavy atom. The molecule has 2 aliphatic rings. The largest absolute Gasteiger partial charge is 0.457 e. The number of ether oxygens (including phenoxy) is 3. The van der Waals surface area contributed by atoms with E-state index >= 15 is 0 Å². The number of rotatable bonds is 12. The van der Waals surface area contributed by atoms with Crippen molar-refractivity contribution in [2.45, 2.75) is 38.1 Å². The number of aliphatic hydroxyl groups excluding tert-OH is 1. The topological polar surface area (TPSA) is 121 Å². The molecular formula is C46H46N6O5. The number of nitrogens with zero attached hydrogens (tertiary/aromatic N) is 4. The summed E-state index contributed by atoms with van der Waals surface area (Å²) in [6.45, 7) is 4.61. The second-order valence-corrected chi connectivity index (χ2v) is 14.3. The normalized spacial score (nSPS) is 18.5. The number of piperazine rings is 1. The number of carbonyl (C=O) groups is 1. The van der Waals surface area contributed by atoms with Crippen LogP contribution in [0.25, 0.3) is 11.1 Å². The van der Waals surface area contributed by atoms with Crippen LogP contribution < -0.4 is 20.3 Å². The highest BCUT2D eigenvalue weighted by Gasteiger charge is 2.34. The van der Waals surface area contributed by atoms with Gasteiger partial charge in [-0.15, -0.1) is 0 Å². The molecule has 0 aliphatic carbocycles. The Kier molecular flexibility index (Phi) is 12.1. The van der Waals surface area contributed by atoms with Crippen molar-refractivity contribution in [1.29, 1.82) is 0 Å². The lowest BCUT2D eigenvalue weighted by Crippen LogP contribution is -2.50. The molecule has 0 radical (unpaired) electrons. The van der Waals surface area contributed by atoms with Crippen LogP contribution in [0.1, 0.15) is 41.1 Å². The van der Waals surface area contributed by atoms with Crippen LogP contribution in [0, 0.1) is 0 Å². The van der Waals surface area contributed by atoms with Gasteiger partial charge in [-0.05, 0) is 82.4 Å². The van der Waals surface area contributed by atoms with Gasteiger partial charge < -0.3 is 34.9 Å². The lowest BCUT2D eigenvalue weighted by Gasteiger charge is -2.40. The van der Waals surface area contributed by atoms with Crippen LogP contribution in [0.3, 0.4) is 0 Å². The number of nitrogens with one attached hydrogen (secondary N) is 2. The van der Waals surface area contributed by atoms with E-state index in [0.29, 0.717) is 24.4 Å². The third-order valence-corrected chi connectivity index (χ3v) is 10.2. The van der Waals surface area contributed by atoms with Crippen LogP contribution in [0.4, 0.5) is 16.4 Å². The van der Waals surface area contributed by atoms with Gasteiger partial charge in [0.15, 0.2) is 6.29 Å². The van der Waals surface area contributed by atoms with Gasteiger partial charge in [-0.2, -0.15) is 0 Å². The number of carbonyl (C=O) groups excluding carboxylic acids is 1.